The molecule has 1 spiro atoms. The van der Waals surface area contributed by atoms with E-state index in [-0.39, 0.29) is 0 Å². The topological polar surface area (TPSA) is 0 Å². The molecule has 23 heavy (non-hydrogen) atoms. The van der Waals surface area contributed by atoms with Crippen LogP contribution in [-0.4, -0.2) is 0 Å². The predicted molar refractivity (Wildman–Crippen MR) is 106 cm³/mol. The van der Waals surface area contributed by atoms with E-state index in [0.29, 0.717) is 0 Å². The molecular formula is C23H42. The molecule has 0 aromatic heterocycles. The fourth-order valence-electron chi connectivity index (χ4n) is 4.62. The van der Waals surface area contributed by atoms with E-state index in [1.165, 1.54) is 50.5 Å². The lowest BCUT2D eigenvalue weighted by atomic mass is 9.61. The van der Waals surface area contributed by atoms with E-state index in [2.05, 4.69) is 53.5 Å². The van der Waals surface area contributed by atoms with Gasteiger partial charge in [0.15, 0.2) is 0 Å². The molecule has 4 atom stereocenters. The highest BCUT2D eigenvalue weighted by Crippen LogP contribution is 2.64. The van der Waals surface area contributed by atoms with Crippen molar-refractivity contribution in [2.24, 2.45) is 29.1 Å². The summed E-state index contributed by atoms with van der Waals surface area (Å²) in [6, 6.07) is 0. The molecule has 0 aromatic carbocycles. The second kappa shape index (κ2) is 11.0. The largest absolute Gasteiger partial charge is 0.124 e. The summed E-state index contributed by atoms with van der Waals surface area (Å²) in [7, 11) is 0. The van der Waals surface area contributed by atoms with Gasteiger partial charge in [-0.2, -0.15) is 0 Å². The van der Waals surface area contributed by atoms with E-state index in [4.69, 9.17) is 0 Å². The molecule has 134 valence electrons. The molecule has 4 unspecified atom stereocenters. The van der Waals surface area contributed by atoms with Crippen LogP contribution in [0.2, 0.25) is 0 Å². The lowest BCUT2D eigenvalue weighted by molar-refractivity contribution is 0.0595. The van der Waals surface area contributed by atoms with Crippen LogP contribution in [0.3, 0.4) is 0 Å². The lowest BCUT2D eigenvalue weighted by Crippen LogP contribution is -2.35. The fraction of sp³-hybridized carbons (Fsp3) is 0.826. The first-order valence-corrected chi connectivity index (χ1v) is 9.95. The first kappa shape index (κ1) is 22.3. The molecule has 0 saturated heterocycles. The third-order valence-corrected chi connectivity index (χ3v) is 6.08. The summed E-state index contributed by atoms with van der Waals surface area (Å²) in [6.07, 6.45) is 20.7. The number of hydrogen-bond donors (Lipinski definition) is 0. The van der Waals surface area contributed by atoms with E-state index in [9.17, 15) is 0 Å². The predicted octanol–water partition coefficient (Wildman–Crippen LogP) is 7.50. The quantitative estimate of drug-likeness (QED) is 0.363. The van der Waals surface area contributed by atoms with Crippen molar-refractivity contribution >= 4 is 0 Å². The van der Waals surface area contributed by atoms with E-state index < -0.39 is 0 Å². The number of hydrogen-bond acceptors (Lipinski definition) is 0. The van der Waals surface area contributed by atoms with E-state index in [1.807, 2.05) is 13.8 Å². The van der Waals surface area contributed by atoms with Crippen LogP contribution in [0.25, 0.3) is 0 Å². The zero-order chi connectivity index (χ0) is 18.0. The molecule has 2 aliphatic rings. The Morgan fingerprint density at radius 3 is 2.17 bits per heavy atom. The highest BCUT2D eigenvalue weighted by Gasteiger charge is 2.54. The summed E-state index contributed by atoms with van der Waals surface area (Å²) in [5.74, 6) is 3.88. The van der Waals surface area contributed by atoms with Crippen molar-refractivity contribution in [3.05, 3.63) is 11.6 Å². The second-order valence-corrected chi connectivity index (χ2v) is 7.91. The van der Waals surface area contributed by atoms with Crippen LogP contribution < -0.4 is 0 Å². The Bertz CT molecular complexity index is 351. The van der Waals surface area contributed by atoms with Crippen molar-refractivity contribution in [3.63, 3.8) is 0 Å². The van der Waals surface area contributed by atoms with Gasteiger partial charge in [-0.15, -0.1) is 12.8 Å². The van der Waals surface area contributed by atoms with E-state index in [1.54, 1.807) is 0 Å². The molecule has 2 fully saturated rings. The smallest absolute Gasteiger partial charge is 0.0266 e. The van der Waals surface area contributed by atoms with Gasteiger partial charge in [0.05, 0.1) is 0 Å². The van der Waals surface area contributed by atoms with Crippen molar-refractivity contribution in [2.45, 2.75) is 93.4 Å². The van der Waals surface area contributed by atoms with Crippen molar-refractivity contribution in [1.29, 1.82) is 0 Å². The summed E-state index contributed by atoms with van der Waals surface area (Å²) in [5.41, 5.74) is 2.28. The van der Waals surface area contributed by atoms with Crippen molar-refractivity contribution in [1.82, 2.24) is 0 Å². The normalized spacial score (nSPS) is 28.5. The minimum absolute atomic E-state index is 0.798. The molecule has 0 aliphatic heterocycles. The summed E-state index contributed by atoms with van der Waals surface area (Å²) in [5, 5.41) is 0. The second-order valence-electron chi connectivity index (χ2n) is 7.91. The summed E-state index contributed by atoms with van der Waals surface area (Å²) in [6.45, 7) is 15.9. The minimum Gasteiger partial charge on any atom is -0.124 e. The van der Waals surface area contributed by atoms with Gasteiger partial charge >= 0.3 is 0 Å². The molecule has 0 radical (unpaired) electrons. The molecule has 2 rings (SSSR count). The van der Waals surface area contributed by atoms with Gasteiger partial charge in [-0.25, -0.2) is 0 Å². The maximum Gasteiger partial charge on any atom is -0.0266 e. The minimum atomic E-state index is 0.798. The SMILES string of the molecule is C#C.CC.CCC1C(C)CCC2(CC2)C1CC(C)CC=C(C)C. The Balaban J connectivity index is 0.00000112. The molecule has 0 heterocycles. The highest BCUT2D eigenvalue weighted by atomic mass is 14.6. The van der Waals surface area contributed by atoms with Crippen LogP contribution in [0.15, 0.2) is 11.6 Å². The molecule has 0 N–H and O–H groups in total. The summed E-state index contributed by atoms with van der Waals surface area (Å²) in [4.78, 5) is 0. The van der Waals surface area contributed by atoms with Crippen molar-refractivity contribution < 1.29 is 0 Å². The monoisotopic (exact) mass is 318 g/mol. The molecule has 0 nitrogen and oxygen atoms in total. The van der Waals surface area contributed by atoms with Crippen LogP contribution in [-0.2, 0) is 0 Å². The first-order valence-electron chi connectivity index (χ1n) is 9.95. The molecular weight excluding hydrogens is 276 g/mol. The van der Waals surface area contributed by atoms with Gasteiger partial charge in [0.25, 0.3) is 0 Å². The van der Waals surface area contributed by atoms with Gasteiger partial charge in [-0.3, -0.25) is 0 Å². The fourth-order valence-corrected chi connectivity index (χ4v) is 4.62. The molecule has 0 aromatic rings. The van der Waals surface area contributed by atoms with E-state index in [0.717, 1.165) is 29.1 Å². The number of rotatable bonds is 5. The lowest BCUT2D eigenvalue weighted by Gasteiger charge is -2.44. The third-order valence-electron chi connectivity index (χ3n) is 6.08. The first-order chi connectivity index (χ1) is 11.0. The van der Waals surface area contributed by atoms with Crippen LogP contribution >= 0.6 is 0 Å². The van der Waals surface area contributed by atoms with Gasteiger partial charge in [-0.05, 0) is 81.5 Å². The molecule has 0 heteroatoms. The van der Waals surface area contributed by atoms with Crippen molar-refractivity contribution in [3.8, 4) is 12.8 Å². The van der Waals surface area contributed by atoms with Crippen LogP contribution in [0.4, 0.5) is 0 Å². The van der Waals surface area contributed by atoms with Crippen LogP contribution in [0.1, 0.15) is 93.4 Å². The van der Waals surface area contributed by atoms with Gasteiger partial charge < -0.3 is 0 Å². The maximum atomic E-state index is 4.00. The van der Waals surface area contributed by atoms with Crippen LogP contribution in [0.5, 0.6) is 0 Å². The van der Waals surface area contributed by atoms with Gasteiger partial charge in [-0.1, -0.05) is 52.7 Å². The maximum absolute atomic E-state index is 4.00. The third kappa shape index (κ3) is 6.37. The van der Waals surface area contributed by atoms with Gasteiger partial charge in [0, 0.05) is 0 Å². The van der Waals surface area contributed by atoms with Crippen LogP contribution in [0, 0.1) is 41.9 Å². The van der Waals surface area contributed by atoms with Gasteiger partial charge in [0.1, 0.15) is 0 Å². The van der Waals surface area contributed by atoms with Gasteiger partial charge in [0.2, 0.25) is 0 Å². The zero-order valence-electron chi connectivity index (χ0n) is 17.0. The molecule has 2 saturated carbocycles. The Morgan fingerprint density at radius 2 is 1.74 bits per heavy atom. The Morgan fingerprint density at radius 1 is 1.17 bits per heavy atom. The molecule has 0 bridgehead atoms. The number of terminal acetylenes is 1. The average Bonchev–Trinajstić information content (AvgIpc) is 3.34. The number of allylic oxidation sites excluding steroid dienone is 2. The Labute approximate surface area is 147 Å². The Hall–Kier alpha value is -0.700. The molecule has 0 amide bonds. The summed E-state index contributed by atoms with van der Waals surface area (Å²) >= 11 is 0. The highest BCUT2D eigenvalue weighted by molar-refractivity contribution is 5.05. The summed E-state index contributed by atoms with van der Waals surface area (Å²) < 4.78 is 0. The van der Waals surface area contributed by atoms with Crippen molar-refractivity contribution in [2.75, 3.05) is 0 Å². The Kier molecular flexibility index (Phi) is 10.6. The average molecular weight is 319 g/mol. The zero-order valence-corrected chi connectivity index (χ0v) is 17.0. The standard InChI is InChI=1S/C19H34.C2H6.C2H2/c1-6-17-16(5)9-10-19(11-12-19)18(17)13-15(4)8-7-14(2)3;2*1-2/h7,15-18H,6,8-13H2,1-5H3;1-2H3;1-2H. The molecule has 2 aliphatic carbocycles. The van der Waals surface area contributed by atoms with E-state index >= 15 is 0 Å².